The van der Waals surface area contributed by atoms with Gasteiger partial charge in [0.25, 0.3) is 5.89 Å². The van der Waals surface area contributed by atoms with Crippen molar-refractivity contribution in [3.63, 3.8) is 0 Å². The van der Waals surface area contributed by atoms with Crippen LogP contribution in [0.15, 0.2) is 40.9 Å². The Balaban J connectivity index is 1.86. The summed E-state index contributed by atoms with van der Waals surface area (Å²) in [5, 5.41) is 30.7. The van der Waals surface area contributed by atoms with Gasteiger partial charge in [-0.15, -0.1) is 10.2 Å². The molecule has 0 bridgehead atoms. The average molecular weight is 497 g/mol. The highest BCUT2D eigenvalue weighted by Gasteiger charge is 2.28. The first-order valence-electron chi connectivity index (χ1n) is 11.1. The first-order valence-corrected chi connectivity index (χ1v) is 11.4. The molecule has 0 aliphatic rings. The highest BCUT2D eigenvalue weighted by molar-refractivity contribution is 6.29. The van der Waals surface area contributed by atoms with Crippen molar-refractivity contribution in [1.82, 2.24) is 20.2 Å². The van der Waals surface area contributed by atoms with E-state index < -0.39 is 5.88 Å². The number of aryl methyl sites for hydroxylation is 1. The summed E-state index contributed by atoms with van der Waals surface area (Å²) < 4.78 is 16.9. The Bertz CT molecular complexity index is 1320. The molecule has 10 heteroatoms. The third-order valence-corrected chi connectivity index (χ3v) is 5.71. The molecule has 0 aliphatic heterocycles. The fourth-order valence-corrected chi connectivity index (χ4v) is 4.04. The summed E-state index contributed by atoms with van der Waals surface area (Å²) in [5.74, 6) is 0.502. The zero-order chi connectivity index (χ0) is 24.9. The van der Waals surface area contributed by atoms with Gasteiger partial charge in [0, 0.05) is 6.20 Å². The summed E-state index contributed by atoms with van der Waals surface area (Å²) in [5.41, 5.74) is 2.14. The van der Waals surface area contributed by atoms with Gasteiger partial charge in [0.15, 0.2) is 0 Å². The maximum atomic E-state index is 11.5. The molecule has 0 fully saturated rings. The van der Waals surface area contributed by atoms with Gasteiger partial charge in [0.1, 0.15) is 28.0 Å². The molecule has 0 spiro atoms. The molecule has 3 aromatic heterocycles. The molecule has 0 radical (unpaired) electrons. The van der Waals surface area contributed by atoms with E-state index >= 15 is 0 Å². The summed E-state index contributed by atoms with van der Waals surface area (Å²) in [4.78, 5) is 8.37. The normalized spacial score (nSPS) is 11.0. The predicted octanol–water partition coefficient (Wildman–Crippen LogP) is 5.21. The molecule has 0 amide bonds. The number of pyridine rings is 2. The number of aromatic hydroxyl groups is 2. The van der Waals surface area contributed by atoms with Gasteiger partial charge < -0.3 is 24.1 Å². The lowest BCUT2D eigenvalue weighted by Crippen LogP contribution is -2.01. The highest BCUT2D eigenvalue weighted by Crippen LogP contribution is 2.49. The molecule has 0 saturated heterocycles. The number of rotatable bonds is 9. The SMILES string of the molecule is CCCCc1nc(O)c(-c2nnc(Cc3ccnc(Cl)c3)o2)c(O)c1-c1c(OC)cccc1OC. The summed E-state index contributed by atoms with van der Waals surface area (Å²) >= 11 is 5.96. The van der Waals surface area contributed by atoms with Crippen molar-refractivity contribution in [1.29, 1.82) is 0 Å². The van der Waals surface area contributed by atoms with Gasteiger partial charge in [-0.05, 0) is 42.7 Å². The van der Waals surface area contributed by atoms with Gasteiger partial charge >= 0.3 is 0 Å². The second kappa shape index (κ2) is 10.6. The maximum Gasteiger partial charge on any atom is 0.257 e. The average Bonchev–Trinajstić information content (AvgIpc) is 3.30. The summed E-state index contributed by atoms with van der Waals surface area (Å²) in [7, 11) is 3.07. The van der Waals surface area contributed by atoms with Crippen LogP contribution in [0.4, 0.5) is 0 Å². The minimum atomic E-state index is -0.409. The van der Waals surface area contributed by atoms with Crippen LogP contribution in [0, 0.1) is 0 Å². The van der Waals surface area contributed by atoms with Crippen molar-refractivity contribution >= 4 is 11.6 Å². The minimum absolute atomic E-state index is 0.0696. The quantitative estimate of drug-likeness (QED) is 0.300. The molecule has 0 saturated carbocycles. The number of aromatic nitrogens is 4. The Kier molecular flexibility index (Phi) is 7.36. The molecule has 35 heavy (non-hydrogen) atoms. The Morgan fingerprint density at radius 3 is 2.40 bits per heavy atom. The van der Waals surface area contributed by atoms with Gasteiger partial charge in [0.05, 0.1) is 37.5 Å². The van der Waals surface area contributed by atoms with Gasteiger partial charge in [-0.3, -0.25) is 0 Å². The first kappa shape index (κ1) is 24.3. The first-order chi connectivity index (χ1) is 17.0. The van der Waals surface area contributed by atoms with Crippen molar-refractivity contribution in [2.45, 2.75) is 32.6 Å². The van der Waals surface area contributed by atoms with Crippen LogP contribution in [0.3, 0.4) is 0 Å². The topological polar surface area (TPSA) is 124 Å². The molecule has 0 atom stereocenters. The molecule has 4 aromatic rings. The smallest absolute Gasteiger partial charge is 0.257 e. The van der Waals surface area contributed by atoms with E-state index in [2.05, 4.69) is 20.2 Å². The molecule has 0 unspecified atom stereocenters. The van der Waals surface area contributed by atoms with E-state index in [-0.39, 0.29) is 23.1 Å². The third kappa shape index (κ3) is 5.00. The zero-order valence-electron chi connectivity index (χ0n) is 19.6. The van der Waals surface area contributed by atoms with E-state index in [4.69, 9.17) is 25.5 Å². The zero-order valence-corrected chi connectivity index (χ0v) is 20.3. The van der Waals surface area contributed by atoms with Crippen molar-refractivity contribution in [3.8, 4) is 45.7 Å². The Morgan fingerprint density at radius 1 is 1.00 bits per heavy atom. The number of nitrogens with zero attached hydrogens (tertiary/aromatic N) is 4. The molecule has 3 heterocycles. The summed E-state index contributed by atoms with van der Waals surface area (Å²) in [6.07, 6.45) is 4.10. The van der Waals surface area contributed by atoms with Gasteiger partial charge in [-0.2, -0.15) is 0 Å². The number of hydrogen-bond donors (Lipinski definition) is 2. The van der Waals surface area contributed by atoms with Gasteiger partial charge in [-0.1, -0.05) is 31.0 Å². The third-order valence-electron chi connectivity index (χ3n) is 5.50. The van der Waals surface area contributed by atoms with E-state index in [0.29, 0.717) is 46.3 Å². The van der Waals surface area contributed by atoms with Crippen molar-refractivity contribution in [3.05, 3.63) is 58.8 Å². The van der Waals surface area contributed by atoms with Gasteiger partial charge in [0.2, 0.25) is 11.8 Å². The van der Waals surface area contributed by atoms with Crippen LogP contribution in [0.25, 0.3) is 22.6 Å². The van der Waals surface area contributed by atoms with E-state index in [1.165, 1.54) is 14.2 Å². The van der Waals surface area contributed by atoms with Gasteiger partial charge in [-0.25, -0.2) is 9.97 Å². The predicted molar refractivity (Wildman–Crippen MR) is 130 cm³/mol. The Hall–Kier alpha value is -3.85. The molecular formula is C25H25ClN4O5. The number of ether oxygens (including phenoxy) is 2. The van der Waals surface area contributed by atoms with Crippen LogP contribution >= 0.6 is 11.6 Å². The summed E-state index contributed by atoms with van der Waals surface area (Å²) in [6, 6.07) is 8.78. The van der Waals surface area contributed by atoms with Crippen LogP contribution in [-0.2, 0) is 12.8 Å². The number of halogens is 1. The molecule has 4 rings (SSSR count). The van der Waals surface area contributed by atoms with E-state index in [0.717, 1.165) is 18.4 Å². The maximum absolute atomic E-state index is 11.5. The Morgan fingerprint density at radius 2 is 1.74 bits per heavy atom. The van der Waals surface area contributed by atoms with E-state index in [1.807, 2.05) is 6.92 Å². The highest BCUT2D eigenvalue weighted by atomic mass is 35.5. The van der Waals surface area contributed by atoms with Crippen LogP contribution in [0.5, 0.6) is 23.1 Å². The molecule has 0 aliphatic carbocycles. The lowest BCUT2D eigenvalue weighted by molar-refractivity contribution is 0.395. The van der Waals surface area contributed by atoms with Crippen molar-refractivity contribution in [2.75, 3.05) is 14.2 Å². The fraction of sp³-hybridized carbons (Fsp3) is 0.280. The molecule has 9 nitrogen and oxygen atoms in total. The molecule has 2 N–H and O–H groups in total. The molecule has 182 valence electrons. The molecule has 1 aromatic carbocycles. The summed E-state index contributed by atoms with van der Waals surface area (Å²) in [6.45, 7) is 2.05. The second-order valence-corrected chi connectivity index (χ2v) is 8.17. The minimum Gasteiger partial charge on any atom is -0.506 e. The van der Waals surface area contributed by atoms with Crippen molar-refractivity contribution in [2.24, 2.45) is 0 Å². The van der Waals surface area contributed by atoms with E-state index in [1.54, 1.807) is 36.5 Å². The fourth-order valence-electron chi connectivity index (χ4n) is 3.84. The van der Waals surface area contributed by atoms with E-state index in [9.17, 15) is 10.2 Å². The molecular weight excluding hydrogens is 472 g/mol. The van der Waals surface area contributed by atoms with Crippen LogP contribution in [0.2, 0.25) is 5.15 Å². The lowest BCUT2D eigenvalue weighted by atomic mass is 9.95. The number of benzene rings is 1. The standard InChI is InChI=1S/C25H25ClN4O5/c1-4-5-7-15-20(21-16(33-2)8-6-9-17(21)34-3)23(31)22(24(32)28-15)25-30-29-19(35-25)13-14-10-11-27-18(26)12-14/h6,8-12H,4-5,7,13H2,1-3H3,(H2,28,31,32). The number of unbranched alkanes of at least 4 members (excludes halogenated alkanes) is 1. The van der Waals surface area contributed by atoms with Crippen LogP contribution < -0.4 is 9.47 Å². The van der Waals surface area contributed by atoms with Crippen molar-refractivity contribution < 1.29 is 24.1 Å². The number of methoxy groups -OCH3 is 2. The monoisotopic (exact) mass is 496 g/mol. The Labute approximate surface area is 207 Å². The lowest BCUT2D eigenvalue weighted by Gasteiger charge is -2.18. The van der Waals surface area contributed by atoms with Crippen LogP contribution in [-0.4, -0.2) is 44.6 Å². The van der Waals surface area contributed by atoms with Crippen LogP contribution in [0.1, 0.15) is 36.9 Å². The number of hydrogen-bond acceptors (Lipinski definition) is 9. The largest absolute Gasteiger partial charge is 0.506 e. The second-order valence-electron chi connectivity index (χ2n) is 7.79.